The van der Waals surface area contributed by atoms with Crippen LogP contribution in [0.4, 0.5) is 0 Å². The average molecular weight is 472 g/mol. The van der Waals surface area contributed by atoms with E-state index in [1.165, 1.54) is 19.3 Å². The standard InChI is InChI=1S/C30H37N3O2/c1-21-7-2-5-10-27(21)35-14-6-13-33-26-9-4-3-8-25(26)32-28(33)11-12-31-29(34)30-18-22-15-23(19-30)17-24(16-22)20-30/h2-5,7-10,22-24H,6,11-20H2,1H3,(H,31,34). The van der Waals surface area contributed by atoms with Crippen molar-refractivity contribution in [3.05, 3.63) is 59.9 Å². The van der Waals surface area contributed by atoms with Gasteiger partial charge in [0.15, 0.2) is 0 Å². The minimum absolute atomic E-state index is 0.0816. The lowest BCUT2D eigenvalue weighted by atomic mass is 9.49. The van der Waals surface area contributed by atoms with Crippen molar-refractivity contribution < 1.29 is 9.53 Å². The Hall–Kier alpha value is -2.82. The molecule has 1 heterocycles. The van der Waals surface area contributed by atoms with E-state index in [9.17, 15) is 4.79 Å². The number of aryl methyl sites for hydroxylation is 2. The molecule has 0 saturated heterocycles. The Morgan fingerprint density at radius 1 is 1.03 bits per heavy atom. The Kier molecular flexibility index (Phi) is 6.03. The molecule has 1 N–H and O–H groups in total. The van der Waals surface area contributed by atoms with Crippen molar-refractivity contribution in [2.75, 3.05) is 13.2 Å². The van der Waals surface area contributed by atoms with E-state index in [-0.39, 0.29) is 5.41 Å². The van der Waals surface area contributed by atoms with Crippen LogP contribution < -0.4 is 10.1 Å². The van der Waals surface area contributed by atoms with Crippen LogP contribution in [0.5, 0.6) is 5.75 Å². The van der Waals surface area contributed by atoms with Gasteiger partial charge in [0.1, 0.15) is 11.6 Å². The molecule has 7 rings (SSSR count). The first-order valence-electron chi connectivity index (χ1n) is 13.5. The molecule has 184 valence electrons. The number of nitrogens with zero attached hydrogens (tertiary/aromatic N) is 2. The molecule has 1 amide bonds. The molecule has 4 aliphatic carbocycles. The average Bonchev–Trinajstić information content (AvgIpc) is 3.19. The summed E-state index contributed by atoms with van der Waals surface area (Å²) in [5.74, 6) is 4.68. The van der Waals surface area contributed by atoms with Crippen LogP contribution in [-0.2, 0) is 17.8 Å². The van der Waals surface area contributed by atoms with Gasteiger partial charge in [0.05, 0.1) is 17.6 Å². The summed E-state index contributed by atoms with van der Waals surface area (Å²) in [6.07, 6.45) is 9.10. The second-order valence-electron chi connectivity index (χ2n) is 11.3. The maximum atomic E-state index is 13.4. The fourth-order valence-electron chi connectivity index (χ4n) is 7.55. The fourth-order valence-corrected chi connectivity index (χ4v) is 7.55. The van der Waals surface area contributed by atoms with E-state index in [1.54, 1.807) is 0 Å². The van der Waals surface area contributed by atoms with Crippen molar-refractivity contribution >= 4 is 16.9 Å². The molecule has 4 bridgehead atoms. The molecule has 0 radical (unpaired) electrons. The quantitative estimate of drug-likeness (QED) is 0.408. The van der Waals surface area contributed by atoms with Gasteiger partial charge in [-0.3, -0.25) is 4.79 Å². The van der Waals surface area contributed by atoms with Gasteiger partial charge in [-0.25, -0.2) is 4.98 Å². The predicted octanol–water partition coefficient (Wildman–Crippen LogP) is 5.69. The maximum absolute atomic E-state index is 13.4. The summed E-state index contributed by atoms with van der Waals surface area (Å²) in [7, 11) is 0. The van der Waals surface area contributed by atoms with Crippen LogP contribution in [0, 0.1) is 30.1 Å². The van der Waals surface area contributed by atoms with Crippen LogP contribution in [0.1, 0.15) is 56.3 Å². The van der Waals surface area contributed by atoms with Crippen LogP contribution in [-0.4, -0.2) is 28.6 Å². The van der Waals surface area contributed by atoms with E-state index in [4.69, 9.17) is 9.72 Å². The maximum Gasteiger partial charge on any atom is 0.226 e. The van der Waals surface area contributed by atoms with E-state index >= 15 is 0 Å². The van der Waals surface area contributed by atoms with E-state index in [0.29, 0.717) is 19.1 Å². The number of nitrogens with one attached hydrogen (secondary N) is 1. The highest BCUT2D eigenvalue weighted by Crippen LogP contribution is 2.60. The van der Waals surface area contributed by atoms with Crippen LogP contribution in [0.25, 0.3) is 11.0 Å². The minimum Gasteiger partial charge on any atom is -0.493 e. The van der Waals surface area contributed by atoms with Gasteiger partial charge in [-0.05, 0) is 93.4 Å². The largest absolute Gasteiger partial charge is 0.493 e. The monoisotopic (exact) mass is 471 g/mol. The smallest absolute Gasteiger partial charge is 0.226 e. The van der Waals surface area contributed by atoms with E-state index in [1.807, 2.05) is 24.3 Å². The van der Waals surface area contributed by atoms with E-state index in [2.05, 4.69) is 41.1 Å². The zero-order valence-electron chi connectivity index (χ0n) is 20.8. The first-order valence-corrected chi connectivity index (χ1v) is 13.5. The third kappa shape index (κ3) is 4.46. The molecule has 2 aromatic carbocycles. The van der Waals surface area contributed by atoms with Gasteiger partial charge in [0, 0.05) is 24.9 Å². The number of hydrogen-bond donors (Lipinski definition) is 1. The molecule has 5 nitrogen and oxygen atoms in total. The van der Waals surface area contributed by atoms with Crippen LogP contribution >= 0.6 is 0 Å². The topological polar surface area (TPSA) is 56.1 Å². The molecule has 4 fully saturated rings. The predicted molar refractivity (Wildman–Crippen MR) is 138 cm³/mol. The molecule has 4 aliphatic rings. The van der Waals surface area contributed by atoms with Gasteiger partial charge < -0.3 is 14.6 Å². The number of benzene rings is 2. The van der Waals surface area contributed by atoms with Crippen molar-refractivity contribution in [1.29, 1.82) is 0 Å². The zero-order valence-corrected chi connectivity index (χ0v) is 20.8. The van der Waals surface area contributed by atoms with Crippen molar-refractivity contribution in [3.63, 3.8) is 0 Å². The van der Waals surface area contributed by atoms with Gasteiger partial charge >= 0.3 is 0 Å². The number of amides is 1. The highest BCUT2D eigenvalue weighted by Gasteiger charge is 2.54. The number of carbonyl (C=O) groups excluding carboxylic acids is 1. The Morgan fingerprint density at radius 3 is 2.46 bits per heavy atom. The van der Waals surface area contributed by atoms with Gasteiger partial charge in [-0.1, -0.05) is 30.3 Å². The third-order valence-electron chi connectivity index (χ3n) is 8.76. The Balaban J connectivity index is 1.09. The van der Waals surface area contributed by atoms with Crippen molar-refractivity contribution in [2.45, 2.75) is 64.8 Å². The molecule has 4 saturated carbocycles. The Bertz CT molecular complexity index is 1180. The number of rotatable bonds is 9. The summed E-state index contributed by atoms with van der Waals surface area (Å²) in [6.45, 7) is 4.25. The van der Waals surface area contributed by atoms with E-state index < -0.39 is 0 Å². The van der Waals surface area contributed by atoms with Gasteiger partial charge in [0.2, 0.25) is 5.91 Å². The summed E-state index contributed by atoms with van der Waals surface area (Å²) in [6, 6.07) is 16.5. The van der Waals surface area contributed by atoms with Crippen molar-refractivity contribution in [2.24, 2.45) is 23.2 Å². The highest BCUT2D eigenvalue weighted by molar-refractivity contribution is 5.83. The second kappa shape index (κ2) is 9.33. The summed E-state index contributed by atoms with van der Waals surface area (Å²) in [5, 5.41) is 3.34. The molecular weight excluding hydrogens is 434 g/mol. The first-order chi connectivity index (χ1) is 17.1. The van der Waals surface area contributed by atoms with Crippen LogP contribution in [0.2, 0.25) is 0 Å². The highest BCUT2D eigenvalue weighted by atomic mass is 16.5. The number of aromatic nitrogens is 2. The summed E-state index contributed by atoms with van der Waals surface area (Å²) in [5.41, 5.74) is 3.26. The summed E-state index contributed by atoms with van der Waals surface area (Å²) in [4.78, 5) is 18.3. The third-order valence-corrected chi connectivity index (χ3v) is 8.76. The van der Waals surface area contributed by atoms with Gasteiger partial charge in [0.25, 0.3) is 0 Å². The Labute approximate surface area is 208 Å². The molecule has 5 heteroatoms. The first kappa shape index (κ1) is 22.6. The number of carbonyl (C=O) groups is 1. The fraction of sp³-hybridized carbons (Fsp3) is 0.533. The number of para-hydroxylation sites is 3. The SMILES string of the molecule is Cc1ccccc1OCCCn1c(CCNC(=O)C23CC4CC(CC(C4)C2)C3)nc2ccccc21. The van der Waals surface area contributed by atoms with Crippen molar-refractivity contribution in [1.82, 2.24) is 14.9 Å². The summed E-state index contributed by atoms with van der Waals surface area (Å²) < 4.78 is 8.34. The molecule has 0 unspecified atom stereocenters. The van der Waals surface area contributed by atoms with E-state index in [0.717, 1.165) is 84.6 Å². The lowest BCUT2D eigenvalue weighted by molar-refractivity contribution is -0.146. The molecule has 1 aromatic heterocycles. The van der Waals surface area contributed by atoms with Crippen LogP contribution in [0.3, 0.4) is 0 Å². The Morgan fingerprint density at radius 2 is 1.71 bits per heavy atom. The van der Waals surface area contributed by atoms with Crippen LogP contribution in [0.15, 0.2) is 48.5 Å². The van der Waals surface area contributed by atoms with Gasteiger partial charge in [-0.2, -0.15) is 0 Å². The molecule has 0 atom stereocenters. The molecule has 0 spiro atoms. The number of fused-ring (bicyclic) bond motifs is 1. The summed E-state index contributed by atoms with van der Waals surface area (Å²) >= 11 is 0. The lowest BCUT2D eigenvalue weighted by Gasteiger charge is -2.55. The molecule has 3 aromatic rings. The number of ether oxygens (including phenoxy) is 1. The molecule has 35 heavy (non-hydrogen) atoms. The van der Waals surface area contributed by atoms with Gasteiger partial charge in [-0.15, -0.1) is 0 Å². The molecule has 0 aliphatic heterocycles. The zero-order chi connectivity index (χ0) is 23.8. The molecular formula is C30H37N3O2. The normalized spacial score (nSPS) is 26.8. The minimum atomic E-state index is -0.0816. The number of imidazole rings is 1. The number of hydrogen-bond acceptors (Lipinski definition) is 3. The van der Waals surface area contributed by atoms with Crippen molar-refractivity contribution in [3.8, 4) is 5.75 Å². The lowest BCUT2D eigenvalue weighted by Crippen LogP contribution is -2.53. The second-order valence-corrected chi connectivity index (χ2v) is 11.3.